The quantitative estimate of drug-likeness (QED) is 0.928. The molecule has 88 valence electrons. The second-order valence-electron chi connectivity index (χ2n) is 4.38. The minimum atomic E-state index is -0.237. The predicted octanol–water partition coefficient (Wildman–Crippen LogP) is 2.98. The zero-order valence-corrected chi connectivity index (χ0v) is 11.0. The summed E-state index contributed by atoms with van der Waals surface area (Å²) in [4.78, 5) is 0. The lowest BCUT2D eigenvalue weighted by Crippen LogP contribution is -2.32. The molecule has 0 heterocycles. The molecule has 0 saturated heterocycles. The molecule has 1 aromatic carbocycles. The van der Waals surface area contributed by atoms with Crippen molar-refractivity contribution in [3.05, 3.63) is 28.0 Å². The SMILES string of the molecule is COc1c(Br)ccc(F)c1C1(C(C)N)CC1. The van der Waals surface area contributed by atoms with Crippen LogP contribution in [-0.2, 0) is 5.41 Å². The number of hydrogen-bond acceptors (Lipinski definition) is 2. The first-order chi connectivity index (χ1) is 7.53. The van der Waals surface area contributed by atoms with Crippen LogP contribution in [0, 0.1) is 5.82 Å². The smallest absolute Gasteiger partial charge is 0.139 e. The van der Waals surface area contributed by atoms with Crippen LogP contribution >= 0.6 is 15.9 Å². The van der Waals surface area contributed by atoms with E-state index in [1.165, 1.54) is 6.07 Å². The van der Waals surface area contributed by atoms with Crippen molar-refractivity contribution in [3.63, 3.8) is 0 Å². The highest BCUT2D eigenvalue weighted by Gasteiger charge is 2.51. The van der Waals surface area contributed by atoms with Gasteiger partial charge in [-0.15, -0.1) is 0 Å². The summed E-state index contributed by atoms with van der Waals surface area (Å²) in [7, 11) is 1.56. The lowest BCUT2D eigenvalue weighted by Gasteiger charge is -2.23. The fourth-order valence-electron chi connectivity index (χ4n) is 2.26. The monoisotopic (exact) mass is 287 g/mol. The molecule has 2 N–H and O–H groups in total. The average molecular weight is 288 g/mol. The molecule has 2 rings (SSSR count). The Hall–Kier alpha value is -0.610. The van der Waals surface area contributed by atoms with Gasteiger partial charge in [-0.25, -0.2) is 4.39 Å². The maximum atomic E-state index is 14.0. The molecule has 0 aliphatic heterocycles. The zero-order chi connectivity index (χ0) is 11.9. The third-order valence-corrected chi connectivity index (χ3v) is 4.05. The number of rotatable bonds is 3. The molecule has 1 aliphatic rings. The fourth-order valence-corrected chi connectivity index (χ4v) is 2.76. The Morgan fingerprint density at radius 1 is 1.50 bits per heavy atom. The van der Waals surface area contributed by atoms with Gasteiger partial charge in [-0.3, -0.25) is 0 Å². The Morgan fingerprint density at radius 2 is 2.12 bits per heavy atom. The van der Waals surface area contributed by atoms with Gasteiger partial charge in [0.05, 0.1) is 11.6 Å². The van der Waals surface area contributed by atoms with Crippen LogP contribution < -0.4 is 10.5 Å². The Labute approximate surface area is 103 Å². The summed E-state index contributed by atoms with van der Waals surface area (Å²) < 4.78 is 20.0. The summed E-state index contributed by atoms with van der Waals surface area (Å²) in [6.07, 6.45) is 1.85. The summed E-state index contributed by atoms with van der Waals surface area (Å²) in [6.45, 7) is 1.92. The van der Waals surface area contributed by atoms with E-state index in [4.69, 9.17) is 10.5 Å². The molecule has 1 saturated carbocycles. The van der Waals surface area contributed by atoms with Crippen LogP contribution in [0.15, 0.2) is 16.6 Å². The van der Waals surface area contributed by atoms with Crippen LogP contribution in [0.1, 0.15) is 25.3 Å². The first-order valence-electron chi connectivity index (χ1n) is 5.31. The molecule has 2 nitrogen and oxygen atoms in total. The van der Waals surface area contributed by atoms with Crippen molar-refractivity contribution in [2.45, 2.75) is 31.2 Å². The minimum absolute atomic E-state index is 0.0646. The maximum Gasteiger partial charge on any atom is 0.139 e. The molecule has 0 bridgehead atoms. The maximum absolute atomic E-state index is 14.0. The number of methoxy groups -OCH3 is 1. The van der Waals surface area contributed by atoms with E-state index in [1.54, 1.807) is 13.2 Å². The molecule has 16 heavy (non-hydrogen) atoms. The Morgan fingerprint density at radius 3 is 2.56 bits per heavy atom. The van der Waals surface area contributed by atoms with Crippen LogP contribution in [0.2, 0.25) is 0 Å². The summed E-state index contributed by atoms with van der Waals surface area (Å²) >= 11 is 3.38. The predicted molar refractivity (Wildman–Crippen MR) is 65.2 cm³/mol. The minimum Gasteiger partial charge on any atom is -0.495 e. The number of hydrogen-bond donors (Lipinski definition) is 1. The highest BCUT2D eigenvalue weighted by molar-refractivity contribution is 9.10. The van der Waals surface area contributed by atoms with Crippen LogP contribution in [0.5, 0.6) is 5.75 Å². The number of ether oxygens (including phenoxy) is 1. The second kappa shape index (κ2) is 4.00. The first kappa shape index (κ1) is 11.9. The normalized spacial score (nSPS) is 19.3. The number of benzene rings is 1. The molecule has 0 spiro atoms. The van der Waals surface area contributed by atoms with E-state index in [0.29, 0.717) is 11.3 Å². The molecule has 1 aliphatic carbocycles. The third-order valence-electron chi connectivity index (χ3n) is 3.42. The fraction of sp³-hybridized carbons (Fsp3) is 0.500. The van der Waals surface area contributed by atoms with Gasteiger partial charge < -0.3 is 10.5 Å². The van der Waals surface area contributed by atoms with Crippen molar-refractivity contribution in [3.8, 4) is 5.75 Å². The van der Waals surface area contributed by atoms with Gasteiger partial charge in [0.2, 0.25) is 0 Å². The van der Waals surface area contributed by atoms with Crippen molar-refractivity contribution >= 4 is 15.9 Å². The lowest BCUT2D eigenvalue weighted by atomic mass is 9.88. The largest absolute Gasteiger partial charge is 0.495 e. The Bertz CT molecular complexity index is 416. The van der Waals surface area contributed by atoms with Crippen LogP contribution in [0.3, 0.4) is 0 Å². The summed E-state index contributed by atoms with van der Waals surface area (Å²) in [5.41, 5.74) is 6.36. The van der Waals surface area contributed by atoms with E-state index in [1.807, 2.05) is 6.92 Å². The lowest BCUT2D eigenvalue weighted by molar-refractivity contribution is 0.387. The van der Waals surface area contributed by atoms with Crippen LogP contribution in [0.25, 0.3) is 0 Å². The van der Waals surface area contributed by atoms with E-state index in [9.17, 15) is 4.39 Å². The number of halogens is 2. The molecular weight excluding hydrogens is 273 g/mol. The van der Waals surface area contributed by atoms with Gasteiger partial charge in [-0.05, 0) is 47.8 Å². The van der Waals surface area contributed by atoms with Crippen molar-refractivity contribution in [1.82, 2.24) is 0 Å². The molecule has 0 amide bonds. The standard InChI is InChI=1S/C12H15BrFNO/c1-7(15)12(5-6-12)10-9(14)4-3-8(13)11(10)16-2/h3-4,7H,5-6,15H2,1-2H3. The molecule has 1 atom stereocenters. The highest BCUT2D eigenvalue weighted by atomic mass is 79.9. The zero-order valence-electron chi connectivity index (χ0n) is 9.39. The summed E-state index contributed by atoms with van der Waals surface area (Å²) in [6, 6.07) is 3.06. The molecule has 0 aromatic heterocycles. The van der Waals surface area contributed by atoms with Crippen LogP contribution in [0.4, 0.5) is 4.39 Å². The molecular formula is C12H15BrFNO. The van der Waals surface area contributed by atoms with Gasteiger partial charge in [-0.2, -0.15) is 0 Å². The van der Waals surface area contributed by atoms with E-state index in [-0.39, 0.29) is 17.3 Å². The molecule has 0 radical (unpaired) electrons. The van der Waals surface area contributed by atoms with Gasteiger partial charge in [0.25, 0.3) is 0 Å². The first-order valence-corrected chi connectivity index (χ1v) is 6.10. The third kappa shape index (κ3) is 1.64. The molecule has 1 fully saturated rings. The second-order valence-corrected chi connectivity index (χ2v) is 5.24. The summed E-state index contributed by atoms with van der Waals surface area (Å²) in [5, 5.41) is 0. The highest BCUT2D eigenvalue weighted by Crippen LogP contribution is 2.55. The van der Waals surface area contributed by atoms with E-state index < -0.39 is 0 Å². The number of nitrogens with two attached hydrogens (primary N) is 1. The average Bonchev–Trinajstić information content (AvgIpc) is 3.02. The van der Waals surface area contributed by atoms with Crippen molar-refractivity contribution < 1.29 is 9.13 Å². The molecule has 1 aromatic rings. The van der Waals surface area contributed by atoms with Gasteiger partial charge >= 0.3 is 0 Å². The molecule has 4 heteroatoms. The van der Waals surface area contributed by atoms with Gasteiger partial charge in [0.1, 0.15) is 11.6 Å². The van der Waals surface area contributed by atoms with Crippen molar-refractivity contribution in [1.29, 1.82) is 0 Å². The van der Waals surface area contributed by atoms with Gasteiger partial charge in [-0.1, -0.05) is 0 Å². The Balaban J connectivity index is 2.59. The van der Waals surface area contributed by atoms with Crippen molar-refractivity contribution in [2.75, 3.05) is 7.11 Å². The van der Waals surface area contributed by atoms with E-state index >= 15 is 0 Å². The van der Waals surface area contributed by atoms with Gasteiger partial charge in [0, 0.05) is 17.0 Å². The van der Waals surface area contributed by atoms with Crippen molar-refractivity contribution in [2.24, 2.45) is 5.73 Å². The van der Waals surface area contributed by atoms with Crippen LogP contribution in [-0.4, -0.2) is 13.2 Å². The summed E-state index contributed by atoms with van der Waals surface area (Å²) in [5.74, 6) is 0.352. The van der Waals surface area contributed by atoms with E-state index in [0.717, 1.165) is 17.3 Å². The Kier molecular flexibility index (Phi) is 2.97. The van der Waals surface area contributed by atoms with Gasteiger partial charge in [0.15, 0.2) is 0 Å². The van der Waals surface area contributed by atoms with E-state index in [2.05, 4.69) is 15.9 Å². The molecule has 1 unspecified atom stereocenters. The topological polar surface area (TPSA) is 35.2 Å².